The summed E-state index contributed by atoms with van der Waals surface area (Å²) in [6.07, 6.45) is 10.9. The molecule has 1 N–H and O–H groups in total. The largest absolute Gasteiger partial charge is 0.383 e. The summed E-state index contributed by atoms with van der Waals surface area (Å²) in [7, 11) is 1.65. The first-order valence-electron chi connectivity index (χ1n) is 11.4. The smallest absolute Gasteiger partial charge is 0.254 e. The van der Waals surface area contributed by atoms with Gasteiger partial charge in [0, 0.05) is 25.3 Å². The number of fused-ring (bicyclic) bond motifs is 1. The van der Waals surface area contributed by atoms with Crippen LogP contribution in [0.2, 0.25) is 0 Å². The van der Waals surface area contributed by atoms with Crippen LogP contribution in [0.25, 0.3) is 0 Å². The Morgan fingerprint density at radius 3 is 2.52 bits per heavy atom. The minimum absolute atomic E-state index is 0.0460. The van der Waals surface area contributed by atoms with Crippen LogP contribution in [0, 0.1) is 0 Å². The van der Waals surface area contributed by atoms with Gasteiger partial charge in [-0.05, 0) is 37.3 Å². The van der Waals surface area contributed by atoms with Crippen molar-refractivity contribution in [1.29, 1.82) is 0 Å². The Hall–Kier alpha value is -1.88. The maximum Gasteiger partial charge on any atom is 0.254 e. The molecule has 0 saturated heterocycles. The van der Waals surface area contributed by atoms with Crippen LogP contribution in [0.4, 0.5) is 0 Å². The van der Waals surface area contributed by atoms with E-state index in [0.29, 0.717) is 13.2 Å². The third-order valence-electron chi connectivity index (χ3n) is 7.26. The molecule has 3 aliphatic rings. The fourth-order valence-electron chi connectivity index (χ4n) is 6.03. The topological polar surface area (TPSA) is 58.6 Å². The van der Waals surface area contributed by atoms with Crippen LogP contribution in [0.1, 0.15) is 86.0 Å². The van der Waals surface area contributed by atoms with Gasteiger partial charge in [0.2, 0.25) is 5.91 Å². The summed E-state index contributed by atoms with van der Waals surface area (Å²) in [5.41, 5.74) is 1.26. The van der Waals surface area contributed by atoms with Crippen LogP contribution in [-0.4, -0.2) is 48.6 Å². The van der Waals surface area contributed by atoms with Crippen molar-refractivity contribution in [2.24, 2.45) is 0 Å². The minimum Gasteiger partial charge on any atom is -0.383 e. The average Bonchev–Trinajstić information content (AvgIpc) is 2.75. The molecule has 2 amide bonds. The predicted molar refractivity (Wildman–Crippen MR) is 113 cm³/mol. The zero-order chi connectivity index (χ0) is 20.3. The van der Waals surface area contributed by atoms with Gasteiger partial charge in [0.15, 0.2) is 0 Å². The zero-order valence-corrected chi connectivity index (χ0v) is 17.6. The molecule has 1 aromatic rings. The molecule has 1 aliphatic heterocycles. The van der Waals surface area contributed by atoms with Gasteiger partial charge >= 0.3 is 0 Å². The molecule has 0 aromatic heterocycles. The maximum absolute atomic E-state index is 13.8. The fraction of sp³-hybridized carbons (Fsp3) is 0.667. The Morgan fingerprint density at radius 2 is 1.79 bits per heavy atom. The zero-order valence-electron chi connectivity index (χ0n) is 17.6. The van der Waals surface area contributed by atoms with Crippen LogP contribution in [0.15, 0.2) is 24.3 Å². The highest BCUT2D eigenvalue weighted by molar-refractivity contribution is 6.02. The van der Waals surface area contributed by atoms with Crippen molar-refractivity contribution < 1.29 is 14.3 Å². The van der Waals surface area contributed by atoms with Crippen molar-refractivity contribution in [3.05, 3.63) is 35.4 Å². The number of amides is 2. The van der Waals surface area contributed by atoms with Crippen LogP contribution < -0.4 is 5.32 Å². The first-order chi connectivity index (χ1) is 14.2. The van der Waals surface area contributed by atoms with E-state index in [-0.39, 0.29) is 29.3 Å². The van der Waals surface area contributed by atoms with Gasteiger partial charge in [0.1, 0.15) is 0 Å². The standard InChI is InChI=1S/C24H34N2O3/c1-29-17-16-25-22(27)21-19-12-6-7-13-20(19)23(28)26(18-10-4-2-5-11-18)24(21)14-8-3-9-15-24/h6-7,12-13,18,21H,2-5,8-11,14-17H2,1H3,(H,25,27)/t21-/m1/s1. The van der Waals surface area contributed by atoms with Crippen LogP contribution >= 0.6 is 0 Å². The Bertz CT molecular complexity index is 735. The van der Waals surface area contributed by atoms with Gasteiger partial charge in [-0.1, -0.05) is 56.7 Å². The number of methoxy groups -OCH3 is 1. The molecule has 0 radical (unpaired) electrons. The molecule has 2 aliphatic carbocycles. The molecule has 0 unspecified atom stereocenters. The van der Waals surface area contributed by atoms with Crippen LogP contribution in [-0.2, 0) is 9.53 Å². The normalized spacial score (nSPS) is 24.4. The lowest BCUT2D eigenvalue weighted by atomic mass is 9.64. The number of carbonyl (C=O) groups is 2. The van der Waals surface area contributed by atoms with Gasteiger partial charge in [-0.25, -0.2) is 0 Å². The Morgan fingerprint density at radius 1 is 1.10 bits per heavy atom. The van der Waals surface area contributed by atoms with Gasteiger partial charge in [-0.15, -0.1) is 0 Å². The second kappa shape index (κ2) is 8.86. The molecule has 2 fully saturated rings. The number of nitrogens with zero attached hydrogens (tertiary/aromatic N) is 1. The summed E-state index contributed by atoms with van der Waals surface area (Å²) < 4.78 is 5.14. The van der Waals surface area contributed by atoms with E-state index in [0.717, 1.165) is 49.7 Å². The molecule has 5 nitrogen and oxygen atoms in total. The molecular formula is C24H34N2O3. The minimum atomic E-state index is -0.386. The molecule has 5 heteroatoms. The number of carbonyl (C=O) groups excluding carboxylic acids is 2. The van der Waals surface area contributed by atoms with E-state index < -0.39 is 0 Å². The Kier molecular flexibility index (Phi) is 6.23. The van der Waals surface area contributed by atoms with E-state index in [2.05, 4.69) is 10.2 Å². The Labute approximate surface area is 174 Å². The van der Waals surface area contributed by atoms with Gasteiger partial charge in [-0.3, -0.25) is 9.59 Å². The number of hydrogen-bond donors (Lipinski definition) is 1. The lowest BCUT2D eigenvalue weighted by molar-refractivity contribution is -0.128. The second-order valence-electron chi connectivity index (χ2n) is 8.94. The van der Waals surface area contributed by atoms with Crippen LogP contribution in [0.5, 0.6) is 0 Å². The highest BCUT2D eigenvalue weighted by Gasteiger charge is 2.56. The molecule has 4 rings (SSSR count). The molecule has 1 atom stereocenters. The molecule has 2 saturated carbocycles. The number of ether oxygens (including phenoxy) is 1. The third-order valence-corrected chi connectivity index (χ3v) is 7.26. The summed E-state index contributed by atoms with van der Waals surface area (Å²) in [6.45, 7) is 1.000. The predicted octanol–water partition coefficient (Wildman–Crippen LogP) is 4.02. The number of rotatable bonds is 5. The maximum atomic E-state index is 13.8. The number of benzene rings is 1. The van der Waals surface area contributed by atoms with E-state index in [1.165, 1.54) is 25.7 Å². The lowest BCUT2D eigenvalue weighted by Gasteiger charge is -2.57. The van der Waals surface area contributed by atoms with Crippen molar-refractivity contribution in [1.82, 2.24) is 10.2 Å². The SMILES string of the molecule is COCCNC(=O)[C@H]1c2ccccc2C(=O)N(C2CCCCC2)C12CCCCC2. The summed E-state index contributed by atoms with van der Waals surface area (Å²) in [4.78, 5) is 29.5. The monoisotopic (exact) mass is 398 g/mol. The molecule has 1 aromatic carbocycles. The van der Waals surface area contributed by atoms with Crippen molar-refractivity contribution in [2.75, 3.05) is 20.3 Å². The molecule has 1 spiro atoms. The molecule has 1 heterocycles. The van der Waals surface area contributed by atoms with Crippen molar-refractivity contribution in [3.8, 4) is 0 Å². The first kappa shape index (κ1) is 20.4. The molecular weight excluding hydrogens is 364 g/mol. The number of hydrogen-bond acceptors (Lipinski definition) is 3. The molecule has 158 valence electrons. The van der Waals surface area contributed by atoms with Crippen molar-refractivity contribution in [3.63, 3.8) is 0 Å². The molecule has 29 heavy (non-hydrogen) atoms. The first-order valence-corrected chi connectivity index (χ1v) is 11.4. The van der Waals surface area contributed by atoms with Gasteiger partial charge in [0.05, 0.1) is 18.1 Å². The van der Waals surface area contributed by atoms with E-state index in [9.17, 15) is 9.59 Å². The number of nitrogens with one attached hydrogen (secondary N) is 1. The Balaban J connectivity index is 1.79. The van der Waals surface area contributed by atoms with E-state index in [1.54, 1.807) is 7.11 Å². The van der Waals surface area contributed by atoms with Gasteiger partial charge in [0.25, 0.3) is 5.91 Å². The van der Waals surface area contributed by atoms with E-state index in [1.807, 2.05) is 24.3 Å². The fourth-order valence-corrected chi connectivity index (χ4v) is 6.03. The summed E-state index contributed by atoms with van der Waals surface area (Å²) in [5.74, 6) is -0.101. The summed E-state index contributed by atoms with van der Waals surface area (Å²) in [6, 6.07) is 8.07. The molecule has 0 bridgehead atoms. The second-order valence-corrected chi connectivity index (χ2v) is 8.94. The van der Waals surface area contributed by atoms with E-state index in [4.69, 9.17) is 4.74 Å². The van der Waals surface area contributed by atoms with Crippen LogP contribution in [0.3, 0.4) is 0 Å². The van der Waals surface area contributed by atoms with Crippen molar-refractivity contribution in [2.45, 2.75) is 81.7 Å². The van der Waals surface area contributed by atoms with Gasteiger partial charge in [-0.2, -0.15) is 0 Å². The third kappa shape index (κ3) is 3.70. The highest BCUT2D eigenvalue weighted by atomic mass is 16.5. The summed E-state index contributed by atoms with van der Waals surface area (Å²) >= 11 is 0. The average molecular weight is 399 g/mol. The quantitative estimate of drug-likeness (QED) is 0.762. The lowest BCUT2D eigenvalue weighted by Crippen LogP contribution is -2.65. The van der Waals surface area contributed by atoms with Crippen molar-refractivity contribution >= 4 is 11.8 Å². The van der Waals surface area contributed by atoms with Gasteiger partial charge < -0.3 is 15.0 Å². The highest BCUT2D eigenvalue weighted by Crippen LogP contribution is 2.51. The summed E-state index contributed by atoms with van der Waals surface area (Å²) in [5, 5.41) is 3.10. The van der Waals surface area contributed by atoms with E-state index >= 15 is 0 Å².